The summed E-state index contributed by atoms with van der Waals surface area (Å²) in [6.45, 7) is 0. The highest BCUT2D eigenvalue weighted by Gasteiger charge is 2.06. The Morgan fingerprint density at radius 1 is 1.20 bits per heavy atom. The molecule has 0 amide bonds. The zero-order valence-electron chi connectivity index (χ0n) is 7.81. The third-order valence-corrected chi connectivity index (χ3v) is 2.26. The van der Waals surface area contributed by atoms with E-state index in [1.54, 1.807) is 12.4 Å². The molecule has 0 fully saturated rings. The molecule has 0 bridgehead atoms. The van der Waals surface area contributed by atoms with Crippen LogP contribution in [0.5, 0.6) is 0 Å². The molecule has 3 rings (SSSR count). The quantitative estimate of drug-likeness (QED) is 0.644. The molecule has 3 aromatic heterocycles. The second-order valence-electron chi connectivity index (χ2n) is 3.14. The van der Waals surface area contributed by atoms with E-state index in [0.717, 1.165) is 22.3 Å². The molecule has 0 aliphatic carbocycles. The minimum absolute atomic E-state index is 0.851. The van der Waals surface area contributed by atoms with E-state index in [1.165, 1.54) is 0 Å². The van der Waals surface area contributed by atoms with Crippen LogP contribution in [-0.2, 0) is 0 Å². The van der Waals surface area contributed by atoms with E-state index in [-0.39, 0.29) is 0 Å². The molecule has 0 aliphatic heterocycles. The lowest BCUT2D eigenvalue weighted by Gasteiger charge is -1.95. The van der Waals surface area contributed by atoms with Crippen LogP contribution in [0.25, 0.3) is 22.3 Å². The Bertz CT molecular complexity index is 586. The molecule has 0 unspecified atom stereocenters. The van der Waals surface area contributed by atoms with Gasteiger partial charge in [0.2, 0.25) is 0 Å². The number of fused-ring (bicyclic) bond motifs is 1. The number of nitrogens with one attached hydrogen (secondary N) is 1. The van der Waals surface area contributed by atoms with E-state index >= 15 is 0 Å². The van der Waals surface area contributed by atoms with Crippen molar-refractivity contribution in [3.63, 3.8) is 0 Å². The molecule has 0 aliphatic rings. The summed E-state index contributed by atoms with van der Waals surface area (Å²) >= 11 is 0. The number of hydrogen-bond acceptors (Lipinski definition) is 3. The molecule has 1 N–H and O–H groups in total. The van der Waals surface area contributed by atoms with Crippen molar-refractivity contribution in [3.8, 4) is 11.3 Å². The fourth-order valence-corrected chi connectivity index (χ4v) is 1.58. The molecule has 0 atom stereocenters. The van der Waals surface area contributed by atoms with Gasteiger partial charge in [-0.15, -0.1) is 0 Å². The molecule has 4 nitrogen and oxygen atoms in total. The number of nitrogens with zero attached hydrogens (tertiary/aromatic N) is 3. The number of rotatable bonds is 1. The lowest BCUT2D eigenvalue weighted by molar-refractivity contribution is 1.15. The summed E-state index contributed by atoms with van der Waals surface area (Å²) in [5.74, 6) is 0. The van der Waals surface area contributed by atoms with Gasteiger partial charge in [-0.3, -0.25) is 0 Å². The molecule has 71 valence electrons. The van der Waals surface area contributed by atoms with Crippen LogP contribution in [0.1, 0.15) is 0 Å². The Hall–Kier alpha value is -2.23. The maximum absolute atomic E-state index is 4.22. The van der Waals surface area contributed by atoms with E-state index < -0.39 is 0 Å². The summed E-state index contributed by atoms with van der Waals surface area (Å²) in [5.41, 5.74) is 2.74. The molecule has 1 radical (unpaired) electrons. The molecule has 3 aromatic rings. The van der Waals surface area contributed by atoms with Crippen LogP contribution < -0.4 is 0 Å². The predicted molar refractivity (Wildman–Crippen MR) is 56.0 cm³/mol. The van der Waals surface area contributed by atoms with Gasteiger partial charge in [0.15, 0.2) is 6.33 Å². The van der Waals surface area contributed by atoms with Gasteiger partial charge in [-0.1, -0.05) is 0 Å². The number of pyridine rings is 1. The molecule has 0 saturated carbocycles. The second kappa shape index (κ2) is 3.16. The minimum Gasteiger partial charge on any atom is -0.345 e. The van der Waals surface area contributed by atoms with E-state index in [0.29, 0.717) is 0 Å². The summed E-state index contributed by atoms with van der Waals surface area (Å²) in [5, 5.41) is 1.06. The van der Waals surface area contributed by atoms with E-state index in [4.69, 9.17) is 0 Å². The molecule has 0 spiro atoms. The van der Waals surface area contributed by atoms with Crippen molar-refractivity contribution < 1.29 is 0 Å². The van der Waals surface area contributed by atoms with Gasteiger partial charge in [-0.05, 0) is 18.2 Å². The predicted octanol–water partition coefficient (Wildman–Crippen LogP) is 1.82. The van der Waals surface area contributed by atoms with Crippen molar-refractivity contribution in [3.05, 3.63) is 43.1 Å². The molecule has 15 heavy (non-hydrogen) atoms. The summed E-state index contributed by atoms with van der Waals surface area (Å²) in [6.07, 6.45) is 7.91. The van der Waals surface area contributed by atoms with Crippen molar-refractivity contribution in [1.82, 2.24) is 19.9 Å². The molecule has 0 saturated heterocycles. The van der Waals surface area contributed by atoms with Crippen LogP contribution in [0.15, 0.2) is 36.8 Å². The Labute approximate surface area is 86.0 Å². The SMILES string of the molecule is [c]1nccc(-c2c[nH]c3ncccc23)n1. The monoisotopic (exact) mass is 195 g/mol. The van der Waals surface area contributed by atoms with E-state index in [9.17, 15) is 0 Å². The van der Waals surface area contributed by atoms with Crippen molar-refractivity contribution in [2.45, 2.75) is 0 Å². The topological polar surface area (TPSA) is 54.5 Å². The first-order valence-electron chi connectivity index (χ1n) is 4.57. The molecule has 4 heteroatoms. The fourth-order valence-electron chi connectivity index (χ4n) is 1.58. The second-order valence-corrected chi connectivity index (χ2v) is 3.14. The van der Waals surface area contributed by atoms with Crippen LogP contribution in [0.2, 0.25) is 0 Å². The van der Waals surface area contributed by atoms with Gasteiger partial charge in [0.25, 0.3) is 0 Å². The summed E-state index contributed by atoms with van der Waals surface area (Å²) < 4.78 is 0. The molecule has 0 aromatic carbocycles. The summed E-state index contributed by atoms with van der Waals surface area (Å²) in [6, 6.07) is 5.77. The van der Waals surface area contributed by atoms with Crippen LogP contribution in [0, 0.1) is 6.33 Å². The maximum Gasteiger partial charge on any atom is 0.198 e. The normalized spacial score (nSPS) is 10.7. The van der Waals surface area contributed by atoms with Gasteiger partial charge in [-0.2, -0.15) is 0 Å². The molecular formula is C11H7N4. The Morgan fingerprint density at radius 3 is 3.07 bits per heavy atom. The first-order chi connectivity index (χ1) is 7.45. The number of hydrogen-bond donors (Lipinski definition) is 1. The Kier molecular flexibility index (Phi) is 1.71. The van der Waals surface area contributed by atoms with Crippen LogP contribution in [0.4, 0.5) is 0 Å². The number of aromatic amines is 1. The van der Waals surface area contributed by atoms with Gasteiger partial charge in [0.05, 0.1) is 5.69 Å². The standard InChI is InChI=1S/C11H7N4/c1-2-8-9(6-14-11(8)13-4-1)10-3-5-12-7-15-10/h1-6H,(H,13,14). The third kappa shape index (κ3) is 1.27. The Balaban J connectivity index is 2.28. The van der Waals surface area contributed by atoms with Crippen LogP contribution >= 0.6 is 0 Å². The van der Waals surface area contributed by atoms with Gasteiger partial charge in [0.1, 0.15) is 5.65 Å². The lowest BCUT2D eigenvalue weighted by Crippen LogP contribution is -1.82. The zero-order valence-corrected chi connectivity index (χ0v) is 7.81. The van der Waals surface area contributed by atoms with Gasteiger partial charge >= 0.3 is 0 Å². The van der Waals surface area contributed by atoms with Crippen molar-refractivity contribution >= 4 is 11.0 Å². The largest absolute Gasteiger partial charge is 0.345 e. The zero-order chi connectivity index (χ0) is 10.1. The van der Waals surface area contributed by atoms with Gasteiger partial charge in [0, 0.05) is 29.5 Å². The Morgan fingerprint density at radius 2 is 2.20 bits per heavy atom. The average molecular weight is 195 g/mol. The van der Waals surface area contributed by atoms with E-state index in [2.05, 4.69) is 26.3 Å². The van der Waals surface area contributed by atoms with Crippen molar-refractivity contribution in [2.75, 3.05) is 0 Å². The van der Waals surface area contributed by atoms with Crippen molar-refractivity contribution in [1.29, 1.82) is 0 Å². The van der Waals surface area contributed by atoms with Gasteiger partial charge < -0.3 is 4.98 Å². The fraction of sp³-hybridized carbons (Fsp3) is 0. The average Bonchev–Trinajstić information content (AvgIpc) is 2.74. The molecular weight excluding hydrogens is 188 g/mol. The minimum atomic E-state index is 0.851. The van der Waals surface area contributed by atoms with Crippen molar-refractivity contribution in [2.24, 2.45) is 0 Å². The summed E-state index contributed by atoms with van der Waals surface area (Å²) in [4.78, 5) is 15.2. The van der Waals surface area contributed by atoms with Gasteiger partial charge in [-0.25, -0.2) is 15.0 Å². The number of H-pyrrole nitrogens is 1. The highest BCUT2D eigenvalue weighted by atomic mass is 14.9. The lowest BCUT2D eigenvalue weighted by atomic mass is 10.1. The maximum atomic E-state index is 4.22. The third-order valence-electron chi connectivity index (χ3n) is 2.26. The highest BCUT2D eigenvalue weighted by Crippen LogP contribution is 2.24. The van der Waals surface area contributed by atoms with Crippen LogP contribution in [0.3, 0.4) is 0 Å². The van der Waals surface area contributed by atoms with E-state index in [1.807, 2.05) is 24.4 Å². The first kappa shape index (κ1) is 8.11. The van der Waals surface area contributed by atoms with Crippen LogP contribution in [-0.4, -0.2) is 19.9 Å². The molecule has 3 heterocycles. The smallest absolute Gasteiger partial charge is 0.198 e. The highest BCUT2D eigenvalue weighted by molar-refractivity contribution is 5.92. The number of aromatic nitrogens is 4. The summed E-state index contributed by atoms with van der Waals surface area (Å²) in [7, 11) is 0. The first-order valence-corrected chi connectivity index (χ1v) is 4.57.